The van der Waals surface area contributed by atoms with Gasteiger partial charge in [-0.05, 0) is 71.0 Å². The Morgan fingerprint density at radius 1 is 0.830 bits per heavy atom. The summed E-state index contributed by atoms with van der Waals surface area (Å²) in [5.41, 5.74) is 6.55. The lowest BCUT2D eigenvalue weighted by Gasteiger charge is -2.44. The van der Waals surface area contributed by atoms with Gasteiger partial charge in [-0.3, -0.25) is 14.9 Å². The first-order valence-corrected chi connectivity index (χ1v) is 15.8. The average Bonchev–Trinajstić information content (AvgIpc) is 3.10. The molecule has 236 valence electrons. The highest BCUT2D eigenvalue weighted by atomic mass is 16.5. The van der Waals surface area contributed by atoms with Crippen molar-refractivity contribution in [2.75, 3.05) is 36.6 Å². The fourth-order valence-electron chi connectivity index (χ4n) is 7.07. The predicted molar refractivity (Wildman–Crippen MR) is 182 cm³/mol. The second kappa shape index (κ2) is 12.6. The van der Waals surface area contributed by atoms with Crippen LogP contribution in [-0.2, 0) is 9.59 Å². The van der Waals surface area contributed by atoms with Crippen LogP contribution in [0.15, 0.2) is 109 Å². The summed E-state index contributed by atoms with van der Waals surface area (Å²) in [6.07, 6.45) is 4.92. The summed E-state index contributed by atoms with van der Waals surface area (Å²) in [7, 11) is 1.51. The number of carbonyl (C=O) groups is 3. The van der Waals surface area contributed by atoms with Gasteiger partial charge in [-0.2, -0.15) is 0 Å². The van der Waals surface area contributed by atoms with Crippen LogP contribution in [0.2, 0.25) is 0 Å². The predicted octanol–water partition coefficient (Wildman–Crippen LogP) is 6.80. The van der Waals surface area contributed by atoms with Crippen molar-refractivity contribution in [3.05, 3.63) is 137 Å². The normalized spacial score (nSPS) is 19.7. The lowest BCUT2D eigenvalue weighted by atomic mass is 9.76. The summed E-state index contributed by atoms with van der Waals surface area (Å²) in [6.45, 7) is 5.81. The van der Waals surface area contributed by atoms with Gasteiger partial charge < -0.3 is 14.4 Å². The lowest BCUT2D eigenvalue weighted by molar-refractivity contribution is -0.122. The number of imide groups is 2. The number of hydrogen-bond donors (Lipinski definition) is 1. The van der Waals surface area contributed by atoms with Crippen molar-refractivity contribution < 1.29 is 23.9 Å². The van der Waals surface area contributed by atoms with Gasteiger partial charge in [0.2, 0.25) is 0 Å². The van der Waals surface area contributed by atoms with Crippen LogP contribution in [0.3, 0.4) is 0 Å². The number of benzene rings is 4. The van der Waals surface area contributed by atoms with E-state index in [1.54, 1.807) is 24.3 Å². The van der Waals surface area contributed by atoms with Crippen LogP contribution in [0.4, 0.5) is 16.2 Å². The smallest absolute Gasteiger partial charge is 0.335 e. The zero-order valence-corrected chi connectivity index (χ0v) is 26.1. The van der Waals surface area contributed by atoms with Gasteiger partial charge in [-0.25, -0.2) is 9.69 Å². The standard InChI is InChI=1S/C39H35N3O5/c1-3-20-47-34-15-14-25(22-35(34)46-2)21-33-37(43)40-39(45)42(38(33)44)28-23-31-29(26-10-6-4-7-11-26)16-18-41-19-17-30(32(24-28)36(31)41)27-12-8-5-9-13-27/h3-15,21-24,29-30H,1,16-20H2,2H3,(H,40,43,45)/b33-21+/t29-,30-/m0/s1. The molecule has 4 aromatic rings. The molecule has 2 atom stereocenters. The summed E-state index contributed by atoms with van der Waals surface area (Å²) in [5.74, 6) is -0.321. The van der Waals surface area contributed by atoms with Gasteiger partial charge >= 0.3 is 6.03 Å². The third kappa shape index (κ3) is 5.56. The Bertz CT molecular complexity index is 1830. The highest BCUT2D eigenvalue weighted by Crippen LogP contribution is 2.50. The molecule has 7 rings (SSSR count). The minimum absolute atomic E-state index is 0.0876. The number of ether oxygens (including phenoxy) is 2. The van der Waals surface area contributed by atoms with Crippen LogP contribution in [0.5, 0.6) is 11.5 Å². The van der Waals surface area contributed by atoms with Crippen LogP contribution in [0.1, 0.15) is 52.5 Å². The number of anilines is 2. The van der Waals surface area contributed by atoms with Crippen molar-refractivity contribution in [1.29, 1.82) is 0 Å². The summed E-state index contributed by atoms with van der Waals surface area (Å²) >= 11 is 0. The number of methoxy groups -OCH3 is 1. The SMILES string of the molecule is C=CCOc1ccc(/C=C2\C(=O)NC(=O)N(c3cc4c5c(c3)[C@H](c3ccccc3)CCN5CC[C@H]4c3ccccc3)C2=O)cc1OC. The molecule has 1 fully saturated rings. The topological polar surface area (TPSA) is 88.2 Å². The molecule has 3 heterocycles. The first-order chi connectivity index (χ1) is 23.0. The summed E-state index contributed by atoms with van der Waals surface area (Å²) in [6, 6.07) is 29.0. The molecule has 3 aliphatic heterocycles. The van der Waals surface area contributed by atoms with E-state index < -0.39 is 17.8 Å². The Kier molecular flexibility index (Phi) is 8.08. The minimum Gasteiger partial charge on any atom is -0.493 e. The van der Waals surface area contributed by atoms with E-state index in [4.69, 9.17) is 9.47 Å². The van der Waals surface area contributed by atoms with Gasteiger partial charge in [-0.15, -0.1) is 0 Å². The Labute approximate surface area is 273 Å². The third-order valence-corrected chi connectivity index (χ3v) is 9.22. The maximum Gasteiger partial charge on any atom is 0.335 e. The molecule has 8 heteroatoms. The van der Waals surface area contributed by atoms with Gasteiger partial charge in [0.05, 0.1) is 12.8 Å². The van der Waals surface area contributed by atoms with E-state index in [0.29, 0.717) is 29.4 Å². The quantitative estimate of drug-likeness (QED) is 0.132. The molecule has 0 aromatic heterocycles. The molecule has 4 aromatic carbocycles. The van der Waals surface area contributed by atoms with Gasteiger partial charge in [0.25, 0.3) is 11.8 Å². The van der Waals surface area contributed by atoms with Gasteiger partial charge in [-0.1, -0.05) is 79.4 Å². The van der Waals surface area contributed by atoms with Crippen molar-refractivity contribution in [2.24, 2.45) is 0 Å². The fraction of sp³-hybridized carbons (Fsp3) is 0.205. The van der Waals surface area contributed by atoms with Crippen molar-refractivity contribution >= 4 is 35.3 Å². The lowest BCUT2D eigenvalue weighted by Crippen LogP contribution is -2.54. The van der Waals surface area contributed by atoms with Crippen LogP contribution in [0.25, 0.3) is 6.08 Å². The van der Waals surface area contributed by atoms with E-state index >= 15 is 0 Å². The molecular weight excluding hydrogens is 590 g/mol. The van der Waals surface area contributed by atoms with E-state index in [2.05, 4.69) is 41.1 Å². The molecule has 1 N–H and O–H groups in total. The first-order valence-electron chi connectivity index (χ1n) is 15.8. The van der Waals surface area contributed by atoms with Crippen molar-refractivity contribution in [1.82, 2.24) is 5.32 Å². The first kappa shape index (κ1) is 30.0. The Balaban J connectivity index is 1.34. The number of barbiturate groups is 1. The van der Waals surface area contributed by atoms with E-state index in [9.17, 15) is 14.4 Å². The fourth-order valence-corrected chi connectivity index (χ4v) is 7.07. The molecule has 4 amide bonds. The molecule has 0 spiro atoms. The van der Waals surface area contributed by atoms with Crippen molar-refractivity contribution in [3.8, 4) is 11.5 Å². The monoisotopic (exact) mass is 625 g/mol. The van der Waals surface area contributed by atoms with E-state index in [1.807, 2.05) is 48.5 Å². The molecule has 8 nitrogen and oxygen atoms in total. The zero-order valence-electron chi connectivity index (χ0n) is 26.1. The zero-order chi connectivity index (χ0) is 32.5. The summed E-state index contributed by atoms with van der Waals surface area (Å²) in [5, 5.41) is 2.40. The Hall–Kier alpha value is -5.63. The van der Waals surface area contributed by atoms with E-state index in [0.717, 1.165) is 42.0 Å². The highest BCUT2D eigenvalue weighted by Gasteiger charge is 2.40. The molecule has 0 bridgehead atoms. The summed E-state index contributed by atoms with van der Waals surface area (Å²) in [4.78, 5) is 44.3. The second-order valence-electron chi connectivity index (χ2n) is 11.9. The van der Waals surface area contributed by atoms with E-state index in [1.165, 1.54) is 30.0 Å². The third-order valence-electron chi connectivity index (χ3n) is 9.22. The van der Waals surface area contributed by atoms with Crippen LogP contribution in [0, 0.1) is 0 Å². The minimum atomic E-state index is -0.772. The largest absolute Gasteiger partial charge is 0.493 e. The molecule has 0 unspecified atom stereocenters. The van der Waals surface area contributed by atoms with Gasteiger partial charge in [0.15, 0.2) is 11.5 Å². The van der Waals surface area contributed by atoms with Crippen molar-refractivity contribution in [2.45, 2.75) is 24.7 Å². The summed E-state index contributed by atoms with van der Waals surface area (Å²) < 4.78 is 11.1. The van der Waals surface area contributed by atoms with Gasteiger partial charge in [0.1, 0.15) is 12.2 Å². The molecule has 47 heavy (non-hydrogen) atoms. The molecule has 0 aliphatic carbocycles. The van der Waals surface area contributed by atoms with Crippen molar-refractivity contribution in [3.63, 3.8) is 0 Å². The number of hydrogen-bond acceptors (Lipinski definition) is 6. The van der Waals surface area contributed by atoms with Crippen LogP contribution < -0.4 is 24.6 Å². The second-order valence-corrected chi connectivity index (χ2v) is 11.9. The molecular formula is C39H35N3O5. The van der Waals surface area contributed by atoms with Crippen LogP contribution >= 0.6 is 0 Å². The highest BCUT2D eigenvalue weighted by molar-refractivity contribution is 6.39. The Morgan fingerprint density at radius 3 is 2.02 bits per heavy atom. The number of urea groups is 1. The maximum absolute atomic E-state index is 14.2. The molecule has 1 saturated heterocycles. The Morgan fingerprint density at radius 2 is 1.45 bits per heavy atom. The number of nitrogens with one attached hydrogen (secondary N) is 1. The number of amides is 4. The van der Waals surface area contributed by atoms with E-state index in [-0.39, 0.29) is 17.4 Å². The van der Waals surface area contributed by atoms with Crippen LogP contribution in [-0.4, -0.2) is 44.7 Å². The number of nitrogens with zero attached hydrogens (tertiary/aromatic N) is 2. The molecule has 0 radical (unpaired) electrons. The van der Waals surface area contributed by atoms with Gasteiger partial charge in [0, 0.05) is 30.6 Å². The number of carbonyl (C=O) groups excluding carboxylic acids is 3. The number of rotatable bonds is 8. The maximum atomic E-state index is 14.2. The molecule has 0 saturated carbocycles. The average molecular weight is 626 g/mol. The molecule has 3 aliphatic rings.